The second-order valence-electron chi connectivity index (χ2n) is 5.59. The summed E-state index contributed by atoms with van der Waals surface area (Å²) in [4.78, 5) is 17.1. The lowest BCUT2D eigenvalue weighted by Crippen LogP contribution is -2.30. The minimum Gasteiger partial charge on any atom is -0.465 e. The van der Waals surface area contributed by atoms with Crippen LogP contribution in [0.1, 0.15) is 24.1 Å². The number of nitrogens with zero attached hydrogens (tertiary/aromatic N) is 1. The Morgan fingerprint density at radius 2 is 1.96 bits per heavy atom. The molecule has 0 bridgehead atoms. The number of carbonyl (C=O) groups is 1. The van der Waals surface area contributed by atoms with E-state index in [4.69, 9.17) is 4.74 Å². The number of esters is 1. The van der Waals surface area contributed by atoms with E-state index >= 15 is 0 Å². The third-order valence-electron chi connectivity index (χ3n) is 3.93. The van der Waals surface area contributed by atoms with Crippen molar-refractivity contribution in [1.82, 2.24) is 10.3 Å². The molecule has 5 heteroatoms. The minimum absolute atomic E-state index is 0.298. The van der Waals surface area contributed by atoms with Crippen LogP contribution in [0.25, 0.3) is 10.9 Å². The number of halogens is 1. The zero-order valence-electron chi connectivity index (χ0n) is 13.9. The Morgan fingerprint density at radius 1 is 1.16 bits per heavy atom. The summed E-state index contributed by atoms with van der Waals surface area (Å²) < 4.78 is 6.23. The summed E-state index contributed by atoms with van der Waals surface area (Å²) in [6.07, 6.45) is 1.73. The van der Waals surface area contributed by atoms with E-state index in [1.54, 1.807) is 6.20 Å². The first-order chi connectivity index (χ1) is 12.2. The van der Waals surface area contributed by atoms with E-state index in [0.717, 1.165) is 26.5 Å². The van der Waals surface area contributed by atoms with Crippen molar-refractivity contribution in [2.45, 2.75) is 19.5 Å². The quantitative estimate of drug-likeness (QED) is 0.625. The summed E-state index contributed by atoms with van der Waals surface area (Å²) in [6.45, 7) is 2.71. The normalized spacial score (nSPS) is 12.1. The van der Waals surface area contributed by atoms with Crippen LogP contribution >= 0.6 is 15.9 Å². The molecule has 0 radical (unpaired) electrons. The van der Waals surface area contributed by atoms with Gasteiger partial charge in [-0.1, -0.05) is 58.4 Å². The molecule has 0 aliphatic carbocycles. The van der Waals surface area contributed by atoms with Crippen LogP contribution in [-0.4, -0.2) is 17.6 Å². The van der Waals surface area contributed by atoms with Crippen molar-refractivity contribution >= 4 is 32.8 Å². The van der Waals surface area contributed by atoms with Crippen LogP contribution in [-0.2, 0) is 16.1 Å². The first kappa shape index (κ1) is 17.6. The van der Waals surface area contributed by atoms with Gasteiger partial charge in [-0.15, -0.1) is 0 Å². The Balaban J connectivity index is 1.97. The van der Waals surface area contributed by atoms with Crippen LogP contribution < -0.4 is 5.32 Å². The number of hydrogen-bond acceptors (Lipinski definition) is 4. The lowest BCUT2D eigenvalue weighted by atomic mass is 10.0. The van der Waals surface area contributed by atoms with Gasteiger partial charge in [-0.05, 0) is 24.6 Å². The van der Waals surface area contributed by atoms with Crippen LogP contribution in [0.5, 0.6) is 0 Å². The molecule has 0 saturated carbocycles. The van der Waals surface area contributed by atoms with Crippen molar-refractivity contribution in [3.8, 4) is 0 Å². The van der Waals surface area contributed by atoms with Gasteiger partial charge in [0.2, 0.25) is 0 Å². The van der Waals surface area contributed by atoms with Gasteiger partial charge < -0.3 is 4.74 Å². The van der Waals surface area contributed by atoms with Crippen molar-refractivity contribution in [3.05, 3.63) is 76.4 Å². The summed E-state index contributed by atoms with van der Waals surface area (Å²) in [6, 6.07) is 17.1. The predicted octanol–water partition coefficient (Wildman–Crippen LogP) is 4.39. The van der Waals surface area contributed by atoms with E-state index in [9.17, 15) is 4.79 Å². The Labute approximate surface area is 155 Å². The highest BCUT2D eigenvalue weighted by Gasteiger charge is 2.24. The van der Waals surface area contributed by atoms with Crippen molar-refractivity contribution in [1.29, 1.82) is 0 Å². The number of pyridine rings is 1. The number of hydrogen-bond donors (Lipinski definition) is 1. The molecule has 128 valence electrons. The van der Waals surface area contributed by atoms with Gasteiger partial charge >= 0.3 is 5.97 Å². The molecule has 25 heavy (non-hydrogen) atoms. The maximum atomic E-state index is 12.6. The number of nitrogens with one attached hydrogen (secondary N) is 1. The van der Waals surface area contributed by atoms with E-state index in [2.05, 4.69) is 26.2 Å². The Morgan fingerprint density at radius 3 is 2.72 bits per heavy atom. The highest BCUT2D eigenvalue weighted by Crippen LogP contribution is 2.29. The Kier molecular flexibility index (Phi) is 5.79. The average molecular weight is 399 g/mol. The lowest BCUT2D eigenvalue weighted by molar-refractivity contribution is -0.145. The number of rotatable bonds is 6. The topological polar surface area (TPSA) is 51.2 Å². The van der Waals surface area contributed by atoms with Crippen molar-refractivity contribution < 1.29 is 9.53 Å². The minimum atomic E-state index is -0.578. The largest absolute Gasteiger partial charge is 0.465 e. The molecule has 1 aromatic heterocycles. The van der Waals surface area contributed by atoms with Crippen LogP contribution in [0.2, 0.25) is 0 Å². The second-order valence-corrected chi connectivity index (χ2v) is 6.44. The first-order valence-corrected chi connectivity index (χ1v) is 8.97. The summed E-state index contributed by atoms with van der Waals surface area (Å²) in [5, 5.41) is 4.29. The molecule has 0 fully saturated rings. The van der Waals surface area contributed by atoms with E-state index in [-0.39, 0.29) is 5.97 Å². The van der Waals surface area contributed by atoms with Crippen LogP contribution in [0.4, 0.5) is 0 Å². The first-order valence-electron chi connectivity index (χ1n) is 8.17. The molecule has 0 saturated heterocycles. The third-order valence-corrected chi connectivity index (χ3v) is 4.63. The number of benzene rings is 2. The van der Waals surface area contributed by atoms with Gasteiger partial charge in [0.05, 0.1) is 12.1 Å². The zero-order chi connectivity index (χ0) is 17.6. The molecule has 2 aromatic carbocycles. The molecule has 1 heterocycles. The fourth-order valence-corrected chi connectivity index (χ4v) is 3.21. The summed E-state index contributed by atoms with van der Waals surface area (Å²) >= 11 is 3.55. The van der Waals surface area contributed by atoms with Gasteiger partial charge in [0.1, 0.15) is 6.04 Å². The molecule has 0 aliphatic heterocycles. The molecule has 1 unspecified atom stereocenters. The standard InChI is InChI=1S/C20H19BrN2O2/c1-2-25-20(24)19(23-13-14-7-4-3-5-8-14)16-10-11-17(21)15-9-6-12-22-18(15)16/h3-12,19,23H,2,13H2,1H3. The molecule has 1 N–H and O–H groups in total. The SMILES string of the molecule is CCOC(=O)C(NCc1ccccc1)c1ccc(Br)c2cccnc12. The van der Waals surface area contributed by atoms with Crippen molar-refractivity contribution in [3.63, 3.8) is 0 Å². The average Bonchev–Trinajstić information content (AvgIpc) is 2.65. The molecule has 0 aliphatic rings. The number of ether oxygens (including phenoxy) is 1. The number of carbonyl (C=O) groups excluding carboxylic acids is 1. The van der Waals surface area contributed by atoms with Gasteiger partial charge in [-0.2, -0.15) is 0 Å². The monoisotopic (exact) mass is 398 g/mol. The van der Waals surface area contributed by atoms with Crippen LogP contribution in [0.3, 0.4) is 0 Å². The Bertz CT molecular complexity index is 868. The maximum absolute atomic E-state index is 12.6. The molecule has 1 atom stereocenters. The van der Waals surface area contributed by atoms with Gasteiger partial charge in [0, 0.05) is 28.2 Å². The molecule has 3 rings (SSSR count). The third kappa shape index (κ3) is 4.06. The van der Waals surface area contributed by atoms with Gasteiger partial charge in [0.25, 0.3) is 0 Å². The van der Waals surface area contributed by atoms with Crippen molar-refractivity contribution in [2.75, 3.05) is 6.61 Å². The molecule has 4 nitrogen and oxygen atoms in total. The second kappa shape index (κ2) is 8.23. The van der Waals surface area contributed by atoms with Crippen LogP contribution in [0.15, 0.2) is 65.3 Å². The molecular weight excluding hydrogens is 380 g/mol. The number of aromatic nitrogens is 1. The van der Waals surface area contributed by atoms with E-state index < -0.39 is 6.04 Å². The van der Waals surface area contributed by atoms with Gasteiger partial charge in [0.15, 0.2) is 0 Å². The van der Waals surface area contributed by atoms with E-state index in [1.165, 1.54) is 0 Å². The molecular formula is C20H19BrN2O2. The molecule has 0 spiro atoms. The maximum Gasteiger partial charge on any atom is 0.327 e. The highest BCUT2D eigenvalue weighted by molar-refractivity contribution is 9.10. The van der Waals surface area contributed by atoms with E-state index in [0.29, 0.717) is 13.2 Å². The fourth-order valence-electron chi connectivity index (χ4n) is 2.75. The van der Waals surface area contributed by atoms with Gasteiger partial charge in [-0.3, -0.25) is 10.3 Å². The zero-order valence-corrected chi connectivity index (χ0v) is 15.5. The highest BCUT2D eigenvalue weighted by atomic mass is 79.9. The summed E-state index contributed by atoms with van der Waals surface area (Å²) in [5.74, 6) is -0.298. The Hall–Kier alpha value is -2.24. The summed E-state index contributed by atoms with van der Waals surface area (Å²) in [7, 11) is 0. The number of fused-ring (bicyclic) bond motifs is 1. The van der Waals surface area contributed by atoms with Crippen LogP contribution in [0, 0.1) is 0 Å². The smallest absolute Gasteiger partial charge is 0.327 e. The predicted molar refractivity (Wildman–Crippen MR) is 102 cm³/mol. The summed E-state index contributed by atoms with van der Waals surface area (Å²) in [5.41, 5.74) is 2.70. The molecule has 0 amide bonds. The van der Waals surface area contributed by atoms with Gasteiger partial charge in [-0.25, -0.2) is 4.79 Å². The van der Waals surface area contributed by atoms with E-state index in [1.807, 2.05) is 61.5 Å². The molecule has 3 aromatic rings. The fraction of sp³-hybridized carbons (Fsp3) is 0.200. The van der Waals surface area contributed by atoms with Crippen molar-refractivity contribution in [2.24, 2.45) is 0 Å². The lowest BCUT2D eigenvalue weighted by Gasteiger charge is -2.19.